The summed E-state index contributed by atoms with van der Waals surface area (Å²) in [5.41, 5.74) is 0.311. The summed E-state index contributed by atoms with van der Waals surface area (Å²) in [5.74, 6) is 0.385. The van der Waals surface area contributed by atoms with Gasteiger partial charge in [-0.2, -0.15) is 0 Å². The van der Waals surface area contributed by atoms with E-state index in [0.717, 1.165) is 6.26 Å². The molecular weight excluding hydrogens is 278 g/mol. The van der Waals surface area contributed by atoms with Crippen LogP contribution in [0.4, 0.5) is 5.82 Å². The van der Waals surface area contributed by atoms with Crippen LogP contribution in [0.3, 0.4) is 0 Å². The molecule has 0 saturated heterocycles. The Bertz CT molecular complexity index is 531. The molecule has 0 unspecified atom stereocenters. The average Bonchev–Trinajstić information content (AvgIpc) is 2.24. The fourth-order valence-electron chi connectivity index (χ4n) is 1.19. The maximum absolute atomic E-state index is 11.7. The van der Waals surface area contributed by atoms with Crippen LogP contribution in [0.2, 0.25) is 5.28 Å². The molecule has 0 bridgehead atoms. The molecule has 6 nitrogen and oxygen atoms in total. The maximum Gasteiger partial charge on any atom is 0.224 e. The molecule has 0 saturated carbocycles. The summed E-state index contributed by atoms with van der Waals surface area (Å²) >= 11 is 5.77. The molecule has 0 amide bonds. The summed E-state index contributed by atoms with van der Waals surface area (Å²) < 4.78 is 22.3. The molecule has 1 heterocycles. The minimum atomic E-state index is -3.34. The van der Waals surface area contributed by atoms with Gasteiger partial charge in [0, 0.05) is 18.9 Å². The third-order valence-electron chi connectivity index (χ3n) is 2.66. The van der Waals surface area contributed by atoms with E-state index in [4.69, 9.17) is 16.7 Å². The Labute approximate surface area is 111 Å². The van der Waals surface area contributed by atoms with Gasteiger partial charge in [0.05, 0.1) is 12.3 Å². The molecule has 2 N–H and O–H groups in total. The van der Waals surface area contributed by atoms with E-state index in [9.17, 15) is 8.42 Å². The van der Waals surface area contributed by atoms with E-state index in [1.165, 1.54) is 6.07 Å². The minimum absolute atomic E-state index is 0.0373. The van der Waals surface area contributed by atoms with Crippen LogP contribution < -0.4 is 5.32 Å². The zero-order chi connectivity index (χ0) is 14.0. The molecule has 0 atom stereocenters. The number of anilines is 1. The quantitative estimate of drug-likeness (QED) is 0.781. The number of hydrogen-bond acceptors (Lipinski definition) is 6. The third kappa shape index (κ3) is 3.30. The number of rotatable bonds is 5. The molecule has 0 aliphatic rings. The van der Waals surface area contributed by atoms with Crippen LogP contribution in [0, 0.1) is 0 Å². The SMILES string of the molecule is CC(C)(c1cc(NCCO)nc(Cl)n1)S(C)(=O)=O. The highest BCUT2D eigenvalue weighted by Crippen LogP contribution is 2.29. The molecule has 8 heteroatoms. The van der Waals surface area contributed by atoms with Crippen LogP contribution in [0.25, 0.3) is 0 Å². The Hall–Kier alpha value is -0.920. The zero-order valence-electron chi connectivity index (χ0n) is 10.4. The Balaban J connectivity index is 3.21. The van der Waals surface area contributed by atoms with Gasteiger partial charge in [0.25, 0.3) is 0 Å². The van der Waals surface area contributed by atoms with Gasteiger partial charge in [-0.25, -0.2) is 18.4 Å². The molecule has 0 radical (unpaired) electrons. The molecule has 102 valence electrons. The first kappa shape index (κ1) is 15.1. The Kier molecular flexibility index (Phi) is 4.52. The molecule has 0 aliphatic carbocycles. The molecular formula is C10H16ClN3O3S. The van der Waals surface area contributed by atoms with E-state index in [2.05, 4.69) is 15.3 Å². The van der Waals surface area contributed by atoms with Gasteiger partial charge in [0.15, 0.2) is 9.84 Å². The maximum atomic E-state index is 11.7. The Morgan fingerprint density at radius 3 is 2.56 bits per heavy atom. The highest BCUT2D eigenvalue weighted by Gasteiger charge is 2.34. The first-order chi connectivity index (χ1) is 8.18. The molecule has 18 heavy (non-hydrogen) atoms. The number of halogens is 1. The van der Waals surface area contributed by atoms with E-state index in [1.54, 1.807) is 13.8 Å². The van der Waals surface area contributed by atoms with Gasteiger partial charge in [-0.15, -0.1) is 0 Å². The van der Waals surface area contributed by atoms with E-state index in [-0.39, 0.29) is 11.9 Å². The lowest BCUT2D eigenvalue weighted by Gasteiger charge is -2.22. The van der Waals surface area contributed by atoms with Crippen molar-refractivity contribution >= 4 is 27.3 Å². The number of aliphatic hydroxyl groups is 1. The summed E-state index contributed by atoms with van der Waals surface area (Å²) in [6, 6.07) is 1.52. The van der Waals surface area contributed by atoms with Gasteiger partial charge in [-0.1, -0.05) is 0 Å². The van der Waals surface area contributed by atoms with Crippen molar-refractivity contribution in [3.05, 3.63) is 17.0 Å². The lowest BCUT2D eigenvalue weighted by atomic mass is 10.1. The summed E-state index contributed by atoms with van der Waals surface area (Å²) in [5, 5.41) is 11.5. The van der Waals surface area contributed by atoms with Gasteiger partial charge in [-0.3, -0.25) is 0 Å². The molecule has 1 aromatic heterocycles. The molecule has 0 aliphatic heterocycles. The van der Waals surface area contributed by atoms with Crippen molar-refractivity contribution in [1.29, 1.82) is 0 Å². The van der Waals surface area contributed by atoms with Gasteiger partial charge in [-0.05, 0) is 25.4 Å². The average molecular weight is 294 g/mol. The van der Waals surface area contributed by atoms with E-state index in [1.807, 2.05) is 0 Å². The summed E-state index contributed by atoms with van der Waals surface area (Å²) in [6.07, 6.45) is 1.14. The van der Waals surface area contributed by atoms with Gasteiger partial charge in [0.1, 0.15) is 10.6 Å². The first-order valence-corrected chi connectivity index (χ1v) is 7.55. The van der Waals surface area contributed by atoms with Gasteiger partial charge in [0.2, 0.25) is 5.28 Å². The van der Waals surface area contributed by atoms with Crippen LogP contribution in [-0.2, 0) is 14.6 Å². The topological polar surface area (TPSA) is 92.2 Å². The molecule has 1 rings (SSSR count). The monoisotopic (exact) mass is 293 g/mol. The van der Waals surface area contributed by atoms with Crippen molar-refractivity contribution in [1.82, 2.24) is 9.97 Å². The van der Waals surface area contributed by atoms with Crippen molar-refractivity contribution < 1.29 is 13.5 Å². The zero-order valence-corrected chi connectivity index (χ0v) is 12.0. The largest absolute Gasteiger partial charge is 0.395 e. The summed E-state index contributed by atoms with van der Waals surface area (Å²) in [4.78, 5) is 7.86. The Morgan fingerprint density at radius 1 is 1.44 bits per heavy atom. The smallest absolute Gasteiger partial charge is 0.224 e. The second-order valence-electron chi connectivity index (χ2n) is 4.34. The number of aromatic nitrogens is 2. The van der Waals surface area contributed by atoms with Crippen LogP contribution >= 0.6 is 11.6 Å². The third-order valence-corrected chi connectivity index (χ3v) is 4.89. The van der Waals surface area contributed by atoms with Crippen LogP contribution in [0.5, 0.6) is 0 Å². The lowest BCUT2D eigenvalue weighted by Crippen LogP contribution is -2.29. The number of hydrogen-bond donors (Lipinski definition) is 2. The lowest BCUT2D eigenvalue weighted by molar-refractivity contribution is 0.311. The molecule has 0 fully saturated rings. The van der Waals surface area contributed by atoms with Gasteiger partial charge < -0.3 is 10.4 Å². The van der Waals surface area contributed by atoms with E-state index >= 15 is 0 Å². The van der Waals surface area contributed by atoms with Crippen molar-refractivity contribution in [3.8, 4) is 0 Å². The van der Waals surface area contributed by atoms with Crippen LogP contribution in [0.15, 0.2) is 6.07 Å². The number of sulfone groups is 1. The Morgan fingerprint density at radius 2 is 2.06 bits per heavy atom. The normalized spacial score (nSPS) is 12.5. The summed E-state index contributed by atoms with van der Waals surface area (Å²) in [6.45, 7) is 3.34. The van der Waals surface area contributed by atoms with Crippen molar-refractivity contribution in [2.75, 3.05) is 24.7 Å². The predicted molar refractivity (Wildman–Crippen MR) is 70.5 cm³/mol. The van der Waals surface area contributed by atoms with Crippen molar-refractivity contribution in [3.63, 3.8) is 0 Å². The molecule has 1 aromatic rings. The molecule has 0 spiro atoms. The fourth-order valence-corrected chi connectivity index (χ4v) is 1.86. The second kappa shape index (κ2) is 5.38. The first-order valence-electron chi connectivity index (χ1n) is 5.28. The number of nitrogens with one attached hydrogen (secondary N) is 1. The highest BCUT2D eigenvalue weighted by molar-refractivity contribution is 7.91. The number of nitrogens with zero attached hydrogens (tertiary/aromatic N) is 2. The van der Waals surface area contributed by atoms with Crippen LogP contribution in [-0.4, -0.2) is 42.9 Å². The van der Waals surface area contributed by atoms with E-state index < -0.39 is 14.6 Å². The minimum Gasteiger partial charge on any atom is -0.395 e. The highest BCUT2D eigenvalue weighted by atomic mass is 35.5. The van der Waals surface area contributed by atoms with Crippen molar-refractivity contribution in [2.45, 2.75) is 18.6 Å². The second-order valence-corrected chi connectivity index (χ2v) is 7.24. The van der Waals surface area contributed by atoms with Crippen molar-refractivity contribution in [2.24, 2.45) is 0 Å². The standard InChI is InChI=1S/C10H16ClN3O3S/c1-10(2,18(3,16)17)7-6-8(12-4-5-15)14-9(11)13-7/h6,15H,4-5H2,1-3H3,(H,12,13,14). The van der Waals surface area contributed by atoms with Crippen LogP contribution in [0.1, 0.15) is 19.5 Å². The van der Waals surface area contributed by atoms with E-state index in [0.29, 0.717) is 18.1 Å². The number of aliphatic hydroxyl groups excluding tert-OH is 1. The predicted octanol–water partition coefficient (Wildman–Crippen LogP) is 0.814. The molecule has 0 aromatic carbocycles. The fraction of sp³-hybridized carbons (Fsp3) is 0.600. The van der Waals surface area contributed by atoms with Gasteiger partial charge >= 0.3 is 0 Å². The summed E-state index contributed by atoms with van der Waals surface area (Å²) in [7, 11) is -3.34.